The van der Waals surface area contributed by atoms with E-state index >= 15 is 0 Å². The predicted molar refractivity (Wildman–Crippen MR) is 110 cm³/mol. The summed E-state index contributed by atoms with van der Waals surface area (Å²) in [5.41, 5.74) is 0. The van der Waals surface area contributed by atoms with Crippen molar-refractivity contribution in [1.82, 2.24) is 0 Å². The van der Waals surface area contributed by atoms with Crippen molar-refractivity contribution in [2.24, 2.45) is 29.6 Å². The quantitative estimate of drug-likeness (QED) is 0.376. The molecule has 1 saturated carbocycles. The second-order valence-electron chi connectivity index (χ2n) is 9.06. The van der Waals surface area contributed by atoms with Crippen LogP contribution in [0.3, 0.4) is 0 Å². The third-order valence-electron chi connectivity index (χ3n) is 6.83. The van der Waals surface area contributed by atoms with Crippen LogP contribution in [0.15, 0.2) is 12.2 Å². The molecule has 2 aliphatic rings. The molecule has 0 spiro atoms. The van der Waals surface area contributed by atoms with Crippen molar-refractivity contribution in [3.05, 3.63) is 12.2 Å². The molecule has 2 aliphatic carbocycles. The average Bonchev–Trinajstić information content (AvgIpc) is 2.65. The van der Waals surface area contributed by atoms with Gasteiger partial charge in [-0.2, -0.15) is 0 Å². The molecule has 0 heterocycles. The Balaban J connectivity index is 2.03. The summed E-state index contributed by atoms with van der Waals surface area (Å²) in [5.74, 6) is -0.0848. The first kappa shape index (κ1) is 23.9. The van der Waals surface area contributed by atoms with E-state index in [1.807, 2.05) is 13.8 Å². The van der Waals surface area contributed by atoms with Gasteiger partial charge in [0.15, 0.2) is 0 Å². The smallest absolute Gasteiger partial charge is 0.309 e. The van der Waals surface area contributed by atoms with Crippen molar-refractivity contribution >= 4 is 11.9 Å². The molecule has 29 heavy (non-hydrogen) atoms. The minimum atomic E-state index is -1.07. The molecule has 0 aromatic rings. The van der Waals surface area contributed by atoms with Gasteiger partial charge in [0.05, 0.1) is 30.7 Å². The number of carboxylic acids is 1. The van der Waals surface area contributed by atoms with E-state index in [9.17, 15) is 19.8 Å². The maximum absolute atomic E-state index is 12.9. The normalized spacial score (nSPS) is 32.1. The number of fused-ring (bicyclic) bond motifs is 1. The first-order valence-electron chi connectivity index (χ1n) is 11.2. The molecule has 6 heteroatoms. The van der Waals surface area contributed by atoms with Crippen molar-refractivity contribution < 1.29 is 29.6 Å². The highest BCUT2D eigenvalue weighted by Gasteiger charge is 2.45. The van der Waals surface area contributed by atoms with Crippen LogP contribution in [-0.4, -0.2) is 45.6 Å². The summed E-state index contributed by atoms with van der Waals surface area (Å²) in [6.45, 7) is 6.10. The topological polar surface area (TPSA) is 104 Å². The minimum absolute atomic E-state index is 0.0663. The van der Waals surface area contributed by atoms with Crippen LogP contribution in [0.4, 0.5) is 0 Å². The van der Waals surface area contributed by atoms with E-state index in [0.29, 0.717) is 18.3 Å². The van der Waals surface area contributed by atoms with Gasteiger partial charge in [0.2, 0.25) is 0 Å². The Labute approximate surface area is 174 Å². The fourth-order valence-electron chi connectivity index (χ4n) is 5.11. The lowest BCUT2D eigenvalue weighted by molar-refractivity contribution is -0.159. The number of hydrogen-bond donors (Lipinski definition) is 3. The van der Waals surface area contributed by atoms with Crippen LogP contribution in [0.1, 0.15) is 72.1 Å². The summed E-state index contributed by atoms with van der Waals surface area (Å²) in [6.07, 6.45) is 7.37. The Bertz CT molecular complexity index is 574. The number of carbonyl (C=O) groups is 2. The molecular formula is C23H38O6. The Morgan fingerprint density at radius 2 is 1.90 bits per heavy atom. The number of aliphatic carboxylic acids is 1. The Morgan fingerprint density at radius 3 is 2.55 bits per heavy atom. The molecule has 0 bridgehead atoms. The van der Waals surface area contributed by atoms with Gasteiger partial charge in [0.1, 0.15) is 0 Å². The van der Waals surface area contributed by atoms with E-state index in [1.165, 1.54) is 0 Å². The zero-order chi connectivity index (χ0) is 21.6. The molecular weight excluding hydrogens is 372 g/mol. The lowest BCUT2D eigenvalue weighted by atomic mass is 9.59. The van der Waals surface area contributed by atoms with Gasteiger partial charge in [0, 0.05) is 0 Å². The molecule has 0 aliphatic heterocycles. The molecule has 2 rings (SSSR count). The van der Waals surface area contributed by atoms with Crippen molar-refractivity contribution in [2.75, 3.05) is 0 Å². The summed E-state index contributed by atoms with van der Waals surface area (Å²) in [4.78, 5) is 23.6. The predicted octanol–water partition coefficient (Wildman–Crippen LogP) is 3.55. The number of carbonyl (C=O) groups excluding carboxylic acids is 1. The summed E-state index contributed by atoms with van der Waals surface area (Å²) in [5, 5.41) is 28.8. The van der Waals surface area contributed by atoms with Gasteiger partial charge in [0.25, 0.3) is 0 Å². The second kappa shape index (κ2) is 11.1. The van der Waals surface area contributed by atoms with E-state index in [0.717, 1.165) is 32.1 Å². The standard InChI is InChI=1S/C23H38O6/c1-4-15(3)29-23(28)20-7-5-6-16-9-8-14(2)19(22(16)20)11-10-17(24)12-18(25)13-21(26)27/h8-9,14-20,22,24-25H,4-7,10-13H2,1-3H3,(H,26,27)/t14-,15+,16+,17+,18+,19-,20?,22-/m0/s1. The van der Waals surface area contributed by atoms with Crippen LogP contribution >= 0.6 is 0 Å². The van der Waals surface area contributed by atoms with Crippen molar-refractivity contribution in [3.8, 4) is 0 Å². The molecule has 1 fully saturated rings. The van der Waals surface area contributed by atoms with Crippen LogP contribution < -0.4 is 0 Å². The fourth-order valence-corrected chi connectivity index (χ4v) is 5.11. The van der Waals surface area contributed by atoms with Crippen LogP contribution in [-0.2, 0) is 14.3 Å². The van der Waals surface area contributed by atoms with E-state index in [4.69, 9.17) is 9.84 Å². The Kier molecular flexibility index (Phi) is 9.15. The first-order chi connectivity index (χ1) is 13.7. The first-order valence-corrected chi connectivity index (χ1v) is 11.2. The van der Waals surface area contributed by atoms with Gasteiger partial charge in [-0.1, -0.05) is 32.4 Å². The molecule has 0 saturated heterocycles. The second-order valence-corrected chi connectivity index (χ2v) is 9.06. The van der Waals surface area contributed by atoms with E-state index < -0.39 is 18.2 Å². The van der Waals surface area contributed by atoms with Gasteiger partial charge in [-0.05, 0) is 69.1 Å². The molecule has 0 aromatic carbocycles. The molecule has 0 aromatic heterocycles. The van der Waals surface area contributed by atoms with Crippen LogP contribution in [0.2, 0.25) is 0 Å². The Hall–Kier alpha value is -1.40. The van der Waals surface area contributed by atoms with Crippen LogP contribution in [0.5, 0.6) is 0 Å². The maximum atomic E-state index is 12.9. The summed E-state index contributed by atoms with van der Waals surface area (Å²) in [6, 6.07) is 0. The number of aliphatic hydroxyl groups excluding tert-OH is 2. The number of esters is 1. The molecule has 3 N–H and O–H groups in total. The van der Waals surface area contributed by atoms with Gasteiger partial charge >= 0.3 is 11.9 Å². The number of allylic oxidation sites excluding steroid dienone is 2. The highest BCUT2D eigenvalue weighted by atomic mass is 16.5. The van der Waals surface area contributed by atoms with Crippen LogP contribution in [0.25, 0.3) is 0 Å². The highest BCUT2D eigenvalue weighted by molar-refractivity contribution is 5.73. The third kappa shape index (κ3) is 6.82. The third-order valence-corrected chi connectivity index (χ3v) is 6.83. The van der Waals surface area contributed by atoms with Gasteiger partial charge in [-0.15, -0.1) is 0 Å². The van der Waals surface area contributed by atoms with Gasteiger partial charge in [-0.3, -0.25) is 9.59 Å². The van der Waals surface area contributed by atoms with Crippen LogP contribution in [0, 0.1) is 29.6 Å². The van der Waals surface area contributed by atoms with Crippen molar-refractivity contribution in [3.63, 3.8) is 0 Å². The number of carboxylic acid groups (broad SMARTS) is 1. The summed E-state index contributed by atoms with van der Waals surface area (Å²) >= 11 is 0. The van der Waals surface area contributed by atoms with E-state index in [1.54, 1.807) is 0 Å². The molecule has 0 amide bonds. The zero-order valence-corrected chi connectivity index (χ0v) is 18.0. The molecule has 0 radical (unpaired) electrons. The molecule has 1 unspecified atom stereocenters. The van der Waals surface area contributed by atoms with E-state index in [2.05, 4.69) is 19.1 Å². The zero-order valence-electron chi connectivity index (χ0n) is 18.0. The van der Waals surface area contributed by atoms with Crippen molar-refractivity contribution in [1.29, 1.82) is 0 Å². The van der Waals surface area contributed by atoms with Gasteiger partial charge < -0.3 is 20.1 Å². The van der Waals surface area contributed by atoms with E-state index in [-0.39, 0.29) is 42.7 Å². The Morgan fingerprint density at radius 1 is 1.17 bits per heavy atom. The number of aliphatic hydroxyl groups is 2. The number of ether oxygens (including phenoxy) is 1. The highest BCUT2D eigenvalue weighted by Crippen LogP contribution is 2.48. The van der Waals surface area contributed by atoms with Crippen molar-refractivity contribution in [2.45, 2.75) is 90.4 Å². The fraction of sp³-hybridized carbons (Fsp3) is 0.826. The average molecular weight is 411 g/mol. The monoisotopic (exact) mass is 410 g/mol. The lowest BCUT2D eigenvalue weighted by Gasteiger charge is -2.45. The number of hydrogen-bond acceptors (Lipinski definition) is 5. The minimum Gasteiger partial charge on any atom is -0.481 e. The molecule has 166 valence electrons. The number of rotatable bonds is 10. The largest absolute Gasteiger partial charge is 0.481 e. The van der Waals surface area contributed by atoms with Gasteiger partial charge in [-0.25, -0.2) is 0 Å². The molecule has 8 atom stereocenters. The summed E-state index contributed by atoms with van der Waals surface area (Å²) < 4.78 is 5.69. The summed E-state index contributed by atoms with van der Waals surface area (Å²) in [7, 11) is 0. The lowest BCUT2D eigenvalue weighted by Crippen LogP contribution is -2.43. The maximum Gasteiger partial charge on any atom is 0.309 e. The molecule has 6 nitrogen and oxygen atoms in total. The SMILES string of the molecule is CC[C@@H](C)OC(=O)C1CCC[C@@H]2C=C[C@H](C)[C@H](CC[C@@H](O)C[C@@H](O)CC(=O)O)[C@@H]12.